The number of carbonyl (C=O) groups excluding carboxylic acids is 1. The first-order chi connectivity index (χ1) is 13.5. The van der Waals surface area contributed by atoms with E-state index in [-0.39, 0.29) is 6.03 Å². The Balaban J connectivity index is 1.74. The summed E-state index contributed by atoms with van der Waals surface area (Å²) in [4.78, 5) is 19.0. The maximum Gasteiger partial charge on any atom is 0.322 e. The third-order valence-electron chi connectivity index (χ3n) is 4.30. The van der Waals surface area contributed by atoms with Crippen molar-refractivity contribution in [2.24, 2.45) is 0 Å². The average molecular weight is 414 g/mol. The number of hydrogen-bond donors (Lipinski definition) is 1. The van der Waals surface area contributed by atoms with E-state index in [1.807, 2.05) is 55.5 Å². The maximum atomic E-state index is 12.9. The summed E-state index contributed by atoms with van der Waals surface area (Å²) in [5, 5.41) is 4.16. The predicted octanol–water partition coefficient (Wildman–Crippen LogP) is 5.97. The number of nitrogens with one attached hydrogen (secondary N) is 1. The molecule has 6 heteroatoms. The van der Waals surface area contributed by atoms with Crippen LogP contribution in [-0.4, -0.2) is 22.5 Å². The molecule has 1 N–H and O–H groups in total. The highest BCUT2D eigenvalue weighted by molar-refractivity contribution is 6.35. The summed E-state index contributed by atoms with van der Waals surface area (Å²) in [6.07, 6.45) is 2.34. The molecule has 0 unspecified atom stereocenters. The van der Waals surface area contributed by atoms with Crippen LogP contribution in [-0.2, 0) is 13.0 Å². The lowest BCUT2D eigenvalue weighted by atomic mass is 10.1. The first-order valence-electron chi connectivity index (χ1n) is 8.98. The number of benzene rings is 2. The van der Waals surface area contributed by atoms with E-state index in [0.29, 0.717) is 29.6 Å². The van der Waals surface area contributed by atoms with E-state index >= 15 is 0 Å². The van der Waals surface area contributed by atoms with E-state index in [1.165, 1.54) is 0 Å². The number of hydrogen-bond acceptors (Lipinski definition) is 2. The van der Waals surface area contributed by atoms with Crippen LogP contribution in [0.1, 0.15) is 16.8 Å². The molecule has 0 bridgehead atoms. The fraction of sp³-hybridized carbons (Fsp3) is 0.182. The molecular weight excluding hydrogens is 393 g/mol. The lowest BCUT2D eigenvalue weighted by molar-refractivity contribution is 0.209. The predicted molar refractivity (Wildman–Crippen MR) is 115 cm³/mol. The van der Waals surface area contributed by atoms with Gasteiger partial charge in [-0.1, -0.05) is 47.5 Å². The number of aryl methyl sites for hydroxylation is 1. The standard InChI is InChI=1S/C22H21Cl2N3O/c1-16-5-4-7-19(13-16)26-22(28)27(15-20-6-2-3-11-25-20)12-10-17-8-9-18(23)14-21(17)24/h2-9,11,13-14H,10,12,15H2,1H3,(H,26,28). The van der Waals surface area contributed by atoms with Crippen LogP contribution >= 0.6 is 23.2 Å². The zero-order valence-electron chi connectivity index (χ0n) is 15.5. The van der Waals surface area contributed by atoms with Gasteiger partial charge >= 0.3 is 6.03 Å². The minimum atomic E-state index is -0.179. The molecule has 0 aliphatic rings. The molecule has 0 atom stereocenters. The van der Waals surface area contributed by atoms with Gasteiger partial charge in [0.15, 0.2) is 0 Å². The summed E-state index contributed by atoms with van der Waals surface area (Å²) < 4.78 is 0. The molecule has 3 aromatic rings. The van der Waals surface area contributed by atoms with Crippen molar-refractivity contribution in [2.45, 2.75) is 19.9 Å². The number of anilines is 1. The van der Waals surface area contributed by atoms with Crippen LogP contribution in [0.5, 0.6) is 0 Å². The monoisotopic (exact) mass is 413 g/mol. The number of aromatic nitrogens is 1. The Morgan fingerprint density at radius 2 is 1.93 bits per heavy atom. The number of halogens is 2. The second-order valence-corrected chi connectivity index (χ2v) is 7.37. The number of urea groups is 1. The van der Waals surface area contributed by atoms with Crippen LogP contribution in [0.25, 0.3) is 0 Å². The van der Waals surface area contributed by atoms with Crippen LogP contribution in [0.3, 0.4) is 0 Å². The van der Waals surface area contributed by atoms with Gasteiger partial charge in [-0.2, -0.15) is 0 Å². The average Bonchev–Trinajstić information content (AvgIpc) is 2.67. The molecule has 0 aliphatic carbocycles. The van der Waals surface area contributed by atoms with Crippen molar-refractivity contribution in [1.29, 1.82) is 0 Å². The van der Waals surface area contributed by atoms with Gasteiger partial charge in [0.2, 0.25) is 0 Å². The second kappa shape index (κ2) is 9.58. The highest BCUT2D eigenvalue weighted by Crippen LogP contribution is 2.22. The highest BCUT2D eigenvalue weighted by Gasteiger charge is 2.16. The van der Waals surface area contributed by atoms with E-state index in [9.17, 15) is 4.79 Å². The van der Waals surface area contributed by atoms with E-state index in [0.717, 1.165) is 22.5 Å². The van der Waals surface area contributed by atoms with E-state index in [2.05, 4.69) is 10.3 Å². The SMILES string of the molecule is Cc1cccc(NC(=O)N(CCc2ccc(Cl)cc2Cl)Cc2ccccn2)c1. The summed E-state index contributed by atoms with van der Waals surface area (Å²) in [5.74, 6) is 0. The Morgan fingerprint density at radius 3 is 2.64 bits per heavy atom. The van der Waals surface area contributed by atoms with E-state index in [1.54, 1.807) is 23.2 Å². The van der Waals surface area contributed by atoms with Crippen LogP contribution < -0.4 is 5.32 Å². The molecule has 0 spiro atoms. The van der Waals surface area contributed by atoms with Crippen LogP contribution in [0.15, 0.2) is 66.9 Å². The van der Waals surface area contributed by atoms with Crippen molar-refractivity contribution in [2.75, 3.05) is 11.9 Å². The molecule has 28 heavy (non-hydrogen) atoms. The van der Waals surface area contributed by atoms with Gasteiger partial charge in [0, 0.05) is 28.5 Å². The molecule has 144 valence electrons. The highest BCUT2D eigenvalue weighted by atomic mass is 35.5. The van der Waals surface area contributed by atoms with Crippen molar-refractivity contribution in [1.82, 2.24) is 9.88 Å². The molecule has 0 saturated carbocycles. The van der Waals surface area contributed by atoms with E-state index < -0.39 is 0 Å². The fourth-order valence-electron chi connectivity index (χ4n) is 2.84. The van der Waals surface area contributed by atoms with Gasteiger partial charge in [0.25, 0.3) is 0 Å². The van der Waals surface area contributed by atoms with Crippen LogP contribution in [0, 0.1) is 6.92 Å². The zero-order chi connectivity index (χ0) is 19.9. The fourth-order valence-corrected chi connectivity index (χ4v) is 3.35. The van der Waals surface area contributed by atoms with Crippen LogP contribution in [0.2, 0.25) is 10.0 Å². The first-order valence-corrected chi connectivity index (χ1v) is 9.73. The Bertz CT molecular complexity index is 948. The molecule has 0 radical (unpaired) electrons. The Kier molecular flexibility index (Phi) is 6.90. The minimum Gasteiger partial charge on any atom is -0.318 e. The van der Waals surface area contributed by atoms with Crippen molar-refractivity contribution in [3.05, 3.63) is 93.7 Å². The van der Waals surface area contributed by atoms with Crippen molar-refractivity contribution in [3.8, 4) is 0 Å². The topological polar surface area (TPSA) is 45.2 Å². The lowest BCUT2D eigenvalue weighted by Crippen LogP contribution is -2.36. The van der Waals surface area contributed by atoms with Crippen LogP contribution in [0.4, 0.5) is 10.5 Å². The van der Waals surface area contributed by atoms with Gasteiger partial charge in [0.05, 0.1) is 12.2 Å². The molecule has 4 nitrogen and oxygen atoms in total. The smallest absolute Gasteiger partial charge is 0.318 e. The van der Waals surface area contributed by atoms with Gasteiger partial charge in [-0.15, -0.1) is 0 Å². The molecule has 1 heterocycles. The van der Waals surface area contributed by atoms with Gasteiger partial charge in [0.1, 0.15) is 0 Å². The number of nitrogens with zero attached hydrogens (tertiary/aromatic N) is 2. The Morgan fingerprint density at radius 1 is 1.07 bits per heavy atom. The quantitative estimate of drug-likeness (QED) is 0.540. The third-order valence-corrected chi connectivity index (χ3v) is 4.89. The molecule has 0 aliphatic heterocycles. The molecule has 2 amide bonds. The number of carbonyl (C=O) groups is 1. The minimum absolute atomic E-state index is 0.179. The molecule has 3 rings (SSSR count). The number of amides is 2. The van der Waals surface area contributed by atoms with Crippen molar-refractivity contribution >= 4 is 34.9 Å². The second-order valence-electron chi connectivity index (χ2n) is 6.53. The summed E-state index contributed by atoms with van der Waals surface area (Å²) in [5.41, 5.74) is 3.62. The molecule has 0 saturated heterocycles. The normalized spacial score (nSPS) is 10.5. The molecule has 0 fully saturated rings. The number of pyridine rings is 1. The summed E-state index contributed by atoms with van der Waals surface area (Å²) in [6, 6.07) is 18.6. The molecule has 2 aromatic carbocycles. The lowest BCUT2D eigenvalue weighted by Gasteiger charge is -2.23. The van der Waals surface area contributed by atoms with Crippen molar-refractivity contribution in [3.63, 3.8) is 0 Å². The maximum absolute atomic E-state index is 12.9. The van der Waals surface area contributed by atoms with Gasteiger partial charge < -0.3 is 10.2 Å². The Hall–Kier alpha value is -2.56. The molecular formula is C22H21Cl2N3O. The van der Waals surface area contributed by atoms with Crippen molar-refractivity contribution < 1.29 is 4.79 Å². The zero-order valence-corrected chi connectivity index (χ0v) is 17.0. The first kappa shape index (κ1) is 20.2. The third kappa shape index (κ3) is 5.72. The van der Waals surface area contributed by atoms with E-state index in [4.69, 9.17) is 23.2 Å². The van der Waals surface area contributed by atoms with Gasteiger partial charge in [-0.3, -0.25) is 4.98 Å². The summed E-state index contributed by atoms with van der Waals surface area (Å²) >= 11 is 12.3. The summed E-state index contributed by atoms with van der Waals surface area (Å²) in [7, 11) is 0. The van der Waals surface area contributed by atoms with Gasteiger partial charge in [-0.25, -0.2) is 4.79 Å². The number of rotatable bonds is 6. The molecule has 1 aromatic heterocycles. The Labute approximate surface area is 175 Å². The largest absolute Gasteiger partial charge is 0.322 e. The summed E-state index contributed by atoms with van der Waals surface area (Å²) in [6.45, 7) is 2.89. The van der Waals surface area contributed by atoms with Gasteiger partial charge in [-0.05, 0) is 60.9 Å².